The summed E-state index contributed by atoms with van der Waals surface area (Å²) in [6.45, 7) is 1.66. The van der Waals surface area contributed by atoms with Crippen molar-refractivity contribution in [1.29, 1.82) is 0 Å². The van der Waals surface area contributed by atoms with E-state index in [1.54, 1.807) is 6.92 Å². The highest BCUT2D eigenvalue weighted by atomic mass is 16.4. The SMILES string of the molecule is C#CCC(NC(=O)CC(C)N)C(=O)O. The summed E-state index contributed by atoms with van der Waals surface area (Å²) in [5.41, 5.74) is 5.37. The molecule has 0 aromatic carbocycles. The normalized spacial score (nSPS) is 13.8. The van der Waals surface area contributed by atoms with Gasteiger partial charge in [-0.2, -0.15) is 0 Å². The van der Waals surface area contributed by atoms with Crippen molar-refractivity contribution in [3.63, 3.8) is 0 Å². The van der Waals surface area contributed by atoms with Crippen LogP contribution in [0.1, 0.15) is 19.8 Å². The van der Waals surface area contributed by atoms with Crippen LogP contribution in [0.2, 0.25) is 0 Å². The number of amides is 1. The maximum atomic E-state index is 11.1. The third kappa shape index (κ3) is 5.17. The molecule has 0 aromatic rings. The number of carboxylic acid groups (broad SMARTS) is 1. The van der Waals surface area contributed by atoms with Crippen LogP contribution in [0.3, 0.4) is 0 Å². The molecule has 0 aliphatic heterocycles. The van der Waals surface area contributed by atoms with Crippen LogP contribution in [0, 0.1) is 12.3 Å². The van der Waals surface area contributed by atoms with E-state index in [-0.39, 0.29) is 18.9 Å². The minimum Gasteiger partial charge on any atom is -0.480 e. The standard InChI is InChI=1S/C9H14N2O3/c1-3-4-7(9(13)14)11-8(12)5-6(2)10/h1,6-7H,4-5,10H2,2H3,(H,11,12)(H,13,14). The van der Waals surface area contributed by atoms with Crippen LogP contribution in [0.5, 0.6) is 0 Å². The van der Waals surface area contributed by atoms with Crippen molar-refractivity contribution in [3.05, 3.63) is 0 Å². The zero-order chi connectivity index (χ0) is 11.1. The van der Waals surface area contributed by atoms with Crippen LogP contribution in [-0.4, -0.2) is 29.1 Å². The van der Waals surface area contributed by atoms with E-state index in [0.717, 1.165) is 0 Å². The van der Waals surface area contributed by atoms with Gasteiger partial charge >= 0.3 is 5.97 Å². The van der Waals surface area contributed by atoms with Crippen molar-refractivity contribution in [2.75, 3.05) is 0 Å². The largest absolute Gasteiger partial charge is 0.480 e. The summed E-state index contributed by atoms with van der Waals surface area (Å²) in [6.07, 6.45) is 5.02. The lowest BCUT2D eigenvalue weighted by atomic mass is 10.2. The molecule has 14 heavy (non-hydrogen) atoms. The van der Waals surface area contributed by atoms with Crippen molar-refractivity contribution in [2.45, 2.75) is 31.8 Å². The average molecular weight is 198 g/mol. The molecular formula is C9H14N2O3. The number of nitrogens with two attached hydrogens (primary N) is 1. The average Bonchev–Trinajstić information content (AvgIpc) is 2.01. The van der Waals surface area contributed by atoms with E-state index < -0.39 is 17.9 Å². The third-order valence-electron chi connectivity index (χ3n) is 1.46. The first-order valence-electron chi connectivity index (χ1n) is 4.18. The molecular weight excluding hydrogens is 184 g/mol. The molecule has 5 nitrogen and oxygen atoms in total. The quantitative estimate of drug-likeness (QED) is 0.510. The molecule has 0 fully saturated rings. The van der Waals surface area contributed by atoms with Gasteiger partial charge in [0.05, 0.1) is 0 Å². The minimum atomic E-state index is -1.14. The molecule has 2 unspecified atom stereocenters. The van der Waals surface area contributed by atoms with E-state index >= 15 is 0 Å². The van der Waals surface area contributed by atoms with Gasteiger partial charge in [-0.05, 0) is 6.92 Å². The summed E-state index contributed by atoms with van der Waals surface area (Å²) in [5, 5.41) is 10.9. The third-order valence-corrected chi connectivity index (χ3v) is 1.46. The molecule has 5 heteroatoms. The number of terminal acetylenes is 1. The van der Waals surface area contributed by atoms with Gasteiger partial charge in [0.2, 0.25) is 5.91 Å². The molecule has 0 radical (unpaired) electrons. The smallest absolute Gasteiger partial charge is 0.327 e. The number of carboxylic acids is 1. The van der Waals surface area contributed by atoms with Crippen molar-refractivity contribution >= 4 is 11.9 Å². The zero-order valence-electron chi connectivity index (χ0n) is 7.99. The summed E-state index contributed by atoms with van der Waals surface area (Å²) in [5.74, 6) is 0.643. The molecule has 2 atom stereocenters. The Hall–Kier alpha value is -1.54. The molecule has 0 saturated carbocycles. The topological polar surface area (TPSA) is 92.4 Å². The molecule has 4 N–H and O–H groups in total. The fourth-order valence-electron chi connectivity index (χ4n) is 0.864. The Bertz CT molecular complexity index is 255. The summed E-state index contributed by atoms with van der Waals surface area (Å²) in [7, 11) is 0. The second-order valence-electron chi connectivity index (χ2n) is 3.05. The Morgan fingerprint density at radius 1 is 1.64 bits per heavy atom. The van der Waals surface area contributed by atoms with Crippen LogP contribution in [0.15, 0.2) is 0 Å². The van der Waals surface area contributed by atoms with Gasteiger partial charge in [0, 0.05) is 18.9 Å². The van der Waals surface area contributed by atoms with Crippen molar-refractivity contribution < 1.29 is 14.7 Å². The lowest BCUT2D eigenvalue weighted by Gasteiger charge is -2.12. The van der Waals surface area contributed by atoms with Gasteiger partial charge in [0.1, 0.15) is 6.04 Å². The van der Waals surface area contributed by atoms with E-state index in [2.05, 4.69) is 11.2 Å². The fraction of sp³-hybridized carbons (Fsp3) is 0.556. The van der Waals surface area contributed by atoms with E-state index in [0.29, 0.717) is 0 Å². The number of rotatable bonds is 5. The summed E-state index contributed by atoms with van der Waals surface area (Å²) in [6, 6.07) is -1.32. The van der Waals surface area contributed by atoms with E-state index in [1.807, 2.05) is 0 Å². The highest BCUT2D eigenvalue weighted by Gasteiger charge is 2.18. The monoisotopic (exact) mass is 198 g/mol. The molecule has 0 aliphatic carbocycles. The zero-order valence-corrected chi connectivity index (χ0v) is 7.99. The number of carbonyl (C=O) groups is 2. The number of nitrogens with one attached hydrogen (secondary N) is 1. The Balaban J connectivity index is 4.11. The maximum Gasteiger partial charge on any atom is 0.327 e. The molecule has 0 heterocycles. The van der Waals surface area contributed by atoms with Gasteiger partial charge < -0.3 is 16.2 Å². The van der Waals surface area contributed by atoms with Gasteiger partial charge in [0.25, 0.3) is 0 Å². The van der Waals surface area contributed by atoms with Crippen LogP contribution in [0.25, 0.3) is 0 Å². The van der Waals surface area contributed by atoms with Gasteiger partial charge in [-0.25, -0.2) is 4.79 Å². The van der Waals surface area contributed by atoms with Crippen molar-refractivity contribution in [2.24, 2.45) is 5.73 Å². The second-order valence-corrected chi connectivity index (χ2v) is 3.05. The molecule has 0 bridgehead atoms. The predicted molar refractivity (Wildman–Crippen MR) is 51.3 cm³/mol. The Kier molecular flexibility index (Phi) is 5.34. The summed E-state index contributed by atoms with van der Waals surface area (Å²) >= 11 is 0. The van der Waals surface area contributed by atoms with Gasteiger partial charge in [-0.1, -0.05) is 0 Å². The van der Waals surface area contributed by atoms with E-state index in [4.69, 9.17) is 17.3 Å². The van der Waals surface area contributed by atoms with Crippen LogP contribution >= 0.6 is 0 Å². The first-order valence-corrected chi connectivity index (χ1v) is 4.18. The number of hydrogen-bond acceptors (Lipinski definition) is 3. The highest BCUT2D eigenvalue weighted by molar-refractivity contribution is 5.83. The lowest BCUT2D eigenvalue weighted by molar-refractivity contribution is -0.141. The number of hydrogen-bond donors (Lipinski definition) is 3. The molecule has 0 aliphatic rings. The van der Waals surface area contributed by atoms with Gasteiger partial charge in [-0.3, -0.25) is 4.79 Å². The minimum absolute atomic E-state index is 0.0278. The molecule has 0 rings (SSSR count). The number of aliphatic carboxylic acids is 1. The van der Waals surface area contributed by atoms with E-state index in [1.165, 1.54) is 0 Å². The second kappa shape index (κ2) is 6.00. The lowest BCUT2D eigenvalue weighted by Crippen LogP contribution is -2.42. The summed E-state index contributed by atoms with van der Waals surface area (Å²) < 4.78 is 0. The number of carbonyl (C=O) groups excluding carboxylic acids is 1. The molecule has 78 valence electrons. The van der Waals surface area contributed by atoms with Crippen molar-refractivity contribution in [3.8, 4) is 12.3 Å². The Labute approximate surface area is 82.7 Å². The van der Waals surface area contributed by atoms with Crippen molar-refractivity contribution in [1.82, 2.24) is 5.32 Å². The predicted octanol–water partition coefficient (Wildman–Crippen LogP) is -0.684. The fourth-order valence-corrected chi connectivity index (χ4v) is 0.864. The molecule has 1 amide bonds. The van der Waals surface area contributed by atoms with E-state index in [9.17, 15) is 9.59 Å². The molecule has 0 saturated heterocycles. The molecule has 0 aromatic heterocycles. The first kappa shape index (κ1) is 12.5. The highest BCUT2D eigenvalue weighted by Crippen LogP contribution is 1.93. The van der Waals surface area contributed by atoms with Gasteiger partial charge in [0.15, 0.2) is 0 Å². The molecule has 0 spiro atoms. The Morgan fingerprint density at radius 3 is 2.57 bits per heavy atom. The summed E-state index contributed by atoms with van der Waals surface area (Å²) in [4.78, 5) is 21.7. The van der Waals surface area contributed by atoms with Crippen LogP contribution in [0.4, 0.5) is 0 Å². The van der Waals surface area contributed by atoms with Crippen LogP contribution < -0.4 is 11.1 Å². The first-order chi connectivity index (χ1) is 6.47. The van der Waals surface area contributed by atoms with Gasteiger partial charge in [-0.15, -0.1) is 12.3 Å². The maximum absolute atomic E-state index is 11.1. The Morgan fingerprint density at radius 2 is 2.21 bits per heavy atom. The van der Waals surface area contributed by atoms with Crippen LogP contribution in [-0.2, 0) is 9.59 Å².